The summed E-state index contributed by atoms with van der Waals surface area (Å²) in [4.78, 5) is 6.88. The number of aliphatic imine (C=N–C) groups is 1. The average Bonchev–Trinajstić information content (AvgIpc) is 3.01. The third-order valence-corrected chi connectivity index (χ3v) is 5.00. The molecule has 1 aromatic heterocycles. The summed E-state index contributed by atoms with van der Waals surface area (Å²) in [5, 5.41) is 11.1. The summed E-state index contributed by atoms with van der Waals surface area (Å²) in [6, 6.07) is 2.69. The van der Waals surface area contributed by atoms with Crippen LogP contribution in [-0.4, -0.2) is 43.6 Å². The molecule has 1 atom stereocenters. The molecular formula is C16H29IN4S. The van der Waals surface area contributed by atoms with Crippen LogP contribution in [0.4, 0.5) is 0 Å². The van der Waals surface area contributed by atoms with Gasteiger partial charge in [-0.1, -0.05) is 6.92 Å². The first-order chi connectivity index (χ1) is 10.2. The summed E-state index contributed by atoms with van der Waals surface area (Å²) in [5.74, 6) is 1.78. The van der Waals surface area contributed by atoms with Crippen LogP contribution in [0.1, 0.15) is 32.3 Å². The van der Waals surface area contributed by atoms with Crippen molar-refractivity contribution >= 4 is 41.3 Å². The van der Waals surface area contributed by atoms with E-state index in [9.17, 15) is 0 Å². The maximum Gasteiger partial charge on any atom is 0.191 e. The van der Waals surface area contributed by atoms with Crippen LogP contribution in [0.15, 0.2) is 21.8 Å². The summed E-state index contributed by atoms with van der Waals surface area (Å²) >= 11 is 1.73. The molecule has 0 aromatic carbocycles. The molecule has 4 nitrogen and oxygen atoms in total. The van der Waals surface area contributed by atoms with Crippen molar-refractivity contribution in [3.05, 3.63) is 22.4 Å². The van der Waals surface area contributed by atoms with Gasteiger partial charge in [0.15, 0.2) is 5.96 Å². The maximum atomic E-state index is 4.30. The highest BCUT2D eigenvalue weighted by Crippen LogP contribution is 2.17. The number of halogens is 1. The first-order valence-electron chi connectivity index (χ1n) is 7.88. The first kappa shape index (κ1) is 19.7. The molecule has 0 saturated carbocycles. The summed E-state index contributed by atoms with van der Waals surface area (Å²) in [6.45, 7) is 8.89. The van der Waals surface area contributed by atoms with Gasteiger partial charge < -0.3 is 10.6 Å². The molecule has 1 fully saturated rings. The highest BCUT2D eigenvalue weighted by atomic mass is 127. The van der Waals surface area contributed by atoms with Gasteiger partial charge in [0.05, 0.1) is 0 Å². The number of hydrogen-bond donors (Lipinski definition) is 2. The van der Waals surface area contributed by atoms with Crippen molar-refractivity contribution in [1.29, 1.82) is 0 Å². The number of thiophene rings is 1. The van der Waals surface area contributed by atoms with Gasteiger partial charge in [0.25, 0.3) is 0 Å². The second-order valence-electron chi connectivity index (χ2n) is 6.01. The topological polar surface area (TPSA) is 39.7 Å². The second-order valence-corrected chi connectivity index (χ2v) is 6.79. The van der Waals surface area contributed by atoms with Crippen molar-refractivity contribution < 1.29 is 0 Å². The normalized spacial score (nSPS) is 18.6. The maximum absolute atomic E-state index is 4.30. The van der Waals surface area contributed by atoms with Gasteiger partial charge in [-0.05, 0) is 61.2 Å². The van der Waals surface area contributed by atoms with Crippen LogP contribution in [0.25, 0.3) is 0 Å². The van der Waals surface area contributed by atoms with E-state index >= 15 is 0 Å². The van der Waals surface area contributed by atoms with Gasteiger partial charge in [-0.2, -0.15) is 11.3 Å². The molecule has 1 unspecified atom stereocenters. The van der Waals surface area contributed by atoms with E-state index in [0.717, 1.165) is 25.0 Å². The third kappa shape index (κ3) is 6.42. The molecule has 1 saturated heterocycles. The zero-order valence-electron chi connectivity index (χ0n) is 13.8. The molecule has 2 N–H and O–H groups in total. The van der Waals surface area contributed by atoms with Crippen LogP contribution in [0.2, 0.25) is 0 Å². The standard InChI is InChI=1S/C16H28N4S.HI/c1-13-4-7-20(8-5-13)14(2)10-18-16(17-3)19-11-15-6-9-21-12-15;/h6,9,12-14H,4-5,7-8,10-11H2,1-3H3,(H2,17,18,19);1H. The molecular weight excluding hydrogens is 407 g/mol. The van der Waals surface area contributed by atoms with Gasteiger partial charge in [-0.3, -0.25) is 9.89 Å². The average molecular weight is 436 g/mol. The predicted molar refractivity (Wildman–Crippen MR) is 107 cm³/mol. The molecule has 0 amide bonds. The van der Waals surface area contributed by atoms with E-state index in [1.165, 1.54) is 31.5 Å². The van der Waals surface area contributed by atoms with E-state index in [1.54, 1.807) is 11.3 Å². The highest BCUT2D eigenvalue weighted by molar-refractivity contribution is 14.0. The van der Waals surface area contributed by atoms with Crippen LogP contribution in [-0.2, 0) is 6.54 Å². The van der Waals surface area contributed by atoms with Crippen molar-refractivity contribution in [2.24, 2.45) is 10.9 Å². The van der Waals surface area contributed by atoms with Gasteiger partial charge in [0, 0.05) is 26.2 Å². The lowest BCUT2D eigenvalue weighted by Gasteiger charge is -2.35. The number of nitrogens with zero attached hydrogens (tertiary/aromatic N) is 2. The Morgan fingerprint density at radius 2 is 2.14 bits per heavy atom. The Morgan fingerprint density at radius 3 is 2.73 bits per heavy atom. The van der Waals surface area contributed by atoms with Crippen LogP contribution in [0, 0.1) is 5.92 Å². The Labute approximate surface area is 155 Å². The van der Waals surface area contributed by atoms with E-state index in [4.69, 9.17) is 0 Å². The van der Waals surface area contributed by atoms with Crippen molar-refractivity contribution in [2.45, 2.75) is 39.3 Å². The smallest absolute Gasteiger partial charge is 0.191 e. The molecule has 1 aliphatic heterocycles. The number of piperidine rings is 1. The molecule has 1 aromatic rings. The van der Waals surface area contributed by atoms with Crippen LogP contribution < -0.4 is 10.6 Å². The summed E-state index contributed by atoms with van der Waals surface area (Å²) in [7, 11) is 1.83. The van der Waals surface area contributed by atoms with E-state index in [0.29, 0.717) is 6.04 Å². The third-order valence-electron chi connectivity index (χ3n) is 4.27. The van der Waals surface area contributed by atoms with Crippen molar-refractivity contribution in [1.82, 2.24) is 15.5 Å². The predicted octanol–water partition coefficient (Wildman–Crippen LogP) is 3.15. The lowest BCUT2D eigenvalue weighted by Crippen LogP contribution is -2.47. The Balaban J connectivity index is 0.00000242. The SMILES string of the molecule is CN=C(NCc1ccsc1)NCC(C)N1CCC(C)CC1.I. The molecule has 22 heavy (non-hydrogen) atoms. The van der Waals surface area contributed by atoms with E-state index in [2.05, 4.69) is 51.2 Å². The van der Waals surface area contributed by atoms with E-state index < -0.39 is 0 Å². The van der Waals surface area contributed by atoms with Gasteiger partial charge in [0.1, 0.15) is 0 Å². The number of likely N-dealkylation sites (tertiary alicyclic amines) is 1. The summed E-state index contributed by atoms with van der Waals surface area (Å²) in [5.41, 5.74) is 1.31. The molecule has 0 radical (unpaired) electrons. The minimum Gasteiger partial charge on any atom is -0.355 e. The quantitative estimate of drug-likeness (QED) is 0.423. The van der Waals surface area contributed by atoms with Crippen LogP contribution in [0.3, 0.4) is 0 Å². The molecule has 0 spiro atoms. The second kappa shape index (κ2) is 10.4. The Bertz CT molecular complexity index is 427. The first-order valence-corrected chi connectivity index (χ1v) is 8.83. The van der Waals surface area contributed by atoms with Crippen LogP contribution in [0.5, 0.6) is 0 Å². The molecule has 2 rings (SSSR count). The highest BCUT2D eigenvalue weighted by Gasteiger charge is 2.20. The molecule has 1 aliphatic rings. The minimum atomic E-state index is 0. The fraction of sp³-hybridized carbons (Fsp3) is 0.688. The lowest BCUT2D eigenvalue weighted by molar-refractivity contribution is 0.147. The molecule has 2 heterocycles. The van der Waals surface area contributed by atoms with Gasteiger partial charge in [0.2, 0.25) is 0 Å². The summed E-state index contributed by atoms with van der Waals surface area (Å²) in [6.07, 6.45) is 2.66. The monoisotopic (exact) mass is 436 g/mol. The number of nitrogens with one attached hydrogen (secondary N) is 2. The fourth-order valence-electron chi connectivity index (χ4n) is 2.64. The molecule has 126 valence electrons. The fourth-order valence-corrected chi connectivity index (χ4v) is 3.31. The van der Waals surface area contributed by atoms with Crippen LogP contribution >= 0.6 is 35.3 Å². The van der Waals surface area contributed by atoms with Crippen molar-refractivity contribution in [2.75, 3.05) is 26.7 Å². The summed E-state index contributed by atoms with van der Waals surface area (Å²) < 4.78 is 0. The van der Waals surface area contributed by atoms with E-state index in [1.807, 2.05) is 7.05 Å². The zero-order valence-corrected chi connectivity index (χ0v) is 17.0. The molecule has 6 heteroatoms. The van der Waals surface area contributed by atoms with Crippen molar-refractivity contribution in [3.8, 4) is 0 Å². The minimum absolute atomic E-state index is 0. The molecule has 0 bridgehead atoms. The largest absolute Gasteiger partial charge is 0.355 e. The Hall–Kier alpha value is -0.340. The number of guanidine groups is 1. The van der Waals surface area contributed by atoms with Gasteiger partial charge >= 0.3 is 0 Å². The lowest BCUT2D eigenvalue weighted by atomic mass is 9.98. The molecule has 0 aliphatic carbocycles. The van der Waals surface area contributed by atoms with Gasteiger partial charge in [-0.15, -0.1) is 24.0 Å². The number of hydrogen-bond acceptors (Lipinski definition) is 3. The Kier molecular flexibility index (Phi) is 9.35. The van der Waals surface area contributed by atoms with Gasteiger partial charge in [-0.25, -0.2) is 0 Å². The number of rotatable bonds is 5. The van der Waals surface area contributed by atoms with E-state index in [-0.39, 0.29) is 24.0 Å². The zero-order chi connectivity index (χ0) is 15.1. The van der Waals surface area contributed by atoms with Crippen molar-refractivity contribution in [3.63, 3.8) is 0 Å². The Morgan fingerprint density at radius 1 is 1.41 bits per heavy atom.